The molecule has 7 nitrogen and oxygen atoms in total. The third-order valence-electron chi connectivity index (χ3n) is 5.34. The first kappa shape index (κ1) is 27.3. The summed E-state index contributed by atoms with van der Waals surface area (Å²) in [5.74, 6) is -1.77. The lowest BCUT2D eigenvalue weighted by molar-refractivity contribution is -0.147. The number of amides is 1. The standard InChI is InChI=1S/C27H28Cl2N2O5/c28-21-16-20(24(32)23(29)25(21)35-14-8-7-13-30)26(33)31-22(15-18-9-3-1-4-10-18)27(34)36-17-19-11-5-2-6-12-19/h1-6,9-12,16,22,32H,7-8,13-15,17,30H2,(H,31,33)/t22-/m0/s1. The van der Waals surface area contributed by atoms with Crippen LogP contribution in [0.3, 0.4) is 0 Å². The molecule has 0 spiro atoms. The topological polar surface area (TPSA) is 111 Å². The van der Waals surface area contributed by atoms with Gasteiger partial charge in [0.05, 0.1) is 17.2 Å². The molecule has 0 saturated carbocycles. The van der Waals surface area contributed by atoms with Crippen LogP contribution in [-0.2, 0) is 22.6 Å². The molecule has 3 aromatic carbocycles. The molecule has 9 heteroatoms. The van der Waals surface area contributed by atoms with Crippen molar-refractivity contribution in [1.29, 1.82) is 0 Å². The Balaban J connectivity index is 1.77. The monoisotopic (exact) mass is 530 g/mol. The van der Waals surface area contributed by atoms with Gasteiger partial charge in [-0.2, -0.15) is 0 Å². The molecular weight excluding hydrogens is 503 g/mol. The molecule has 1 atom stereocenters. The molecule has 4 N–H and O–H groups in total. The Labute approximate surface area is 220 Å². The van der Waals surface area contributed by atoms with Gasteiger partial charge in [0.1, 0.15) is 17.7 Å². The van der Waals surface area contributed by atoms with Crippen molar-refractivity contribution in [2.75, 3.05) is 13.2 Å². The smallest absolute Gasteiger partial charge is 0.329 e. The Kier molecular flexibility index (Phi) is 10.4. The van der Waals surface area contributed by atoms with E-state index in [9.17, 15) is 14.7 Å². The predicted octanol–water partition coefficient (Wildman–Crippen LogP) is 4.90. The predicted molar refractivity (Wildman–Crippen MR) is 140 cm³/mol. The number of nitrogens with one attached hydrogen (secondary N) is 1. The van der Waals surface area contributed by atoms with Gasteiger partial charge in [-0.3, -0.25) is 4.79 Å². The number of phenolic OH excluding ortho intramolecular Hbond substituents is 1. The average Bonchev–Trinajstić information content (AvgIpc) is 2.89. The van der Waals surface area contributed by atoms with Gasteiger partial charge in [0.25, 0.3) is 5.91 Å². The van der Waals surface area contributed by atoms with Crippen LogP contribution in [0.4, 0.5) is 0 Å². The minimum atomic E-state index is -1.02. The van der Waals surface area contributed by atoms with E-state index in [1.165, 1.54) is 6.07 Å². The van der Waals surface area contributed by atoms with Gasteiger partial charge >= 0.3 is 5.97 Å². The molecule has 0 aliphatic rings. The van der Waals surface area contributed by atoms with E-state index >= 15 is 0 Å². The molecule has 3 rings (SSSR count). The lowest BCUT2D eigenvalue weighted by atomic mass is 10.0. The molecule has 0 radical (unpaired) electrons. The molecule has 190 valence electrons. The fraction of sp³-hybridized carbons (Fsp3) is 0.259. The Morgan fingerprint density at radius 2 is 1.61 bits per heavy atom. The van der Waals surface area contributed by atoms with Crippen molar-refractivity contribution in [2.24, 2.45) is 5.73 Å². The second-order valence-electron chi connectivity index (χ2n) is 8.05. The minimum Gasteiger partial charge on any atom is -0.505 e. The molecule has 0 bridgehead atoms. The van der Waals surface area contributed by atoms with Gasteiger partial charge in [0.2, 0.25) is 0 Å². The molecule has 0 heterocycles. The fourth-order valence-electron chi connectivity index (χ4n) is 3.43. The number of rotatable bonds is 12. The van der Waals surface area contributed by atoms with Crippen LogP contribution in [0.2, 0.25) is 10.0 Å². The number of carbonyl (C=O) groups is 2. The van der Waals surface area contributed by atoms with E-state index in [0.29, 0.717) is 19.6 Å². The summed E-state index contributed by atoms with van der Waals surface area (Å²) in [5.41, 5.74) is 6.93. The van der Waals surface area contributed by atoms with E-state index < -0.39 is 23.7 Å². The van der Waals surface area contributed by atoms with Gasteiger partial charge in [-0.05, 0) is 36.6 Å². The normalized spacial score (nSPS) is 11.5. The van der Waals surface area contributed by atoms with E-state index in [1.54, 1.807) is 0 Å². The fourth-order valence-corrected chi connectivity index (χ4v) is 3.99. The maximum atomic E-state index is 13.1. The van der Waals surface area contributed by atoms with Gasteiger partial charge < -0.3 is 25.6 Å². The largest absolute Gasteiger partial charge is 0.505 e. The van der Waals surface area contributed by atoms with Crippen LogP contribution in [0.25, 0.3) is 0 Å². The highest BCUT2D eigenvalue weighted by Crippen LogP contribution is 2.42. The molecular formula is C27H28Cl2N2O5. The summed E-state index contributed by atoms with van der Waals surface area (Å²) in [7, 11) is 0. The van der Waals surface area contributed by atoms with E-state index in [4.69, 9.17) is 38.4 Å². The van der Waals surface area contributed by atoms with Crippen LogP contribution in [0.1, 0.15) is 34.3 Å². The van der Waals surface area contributed by atoms with Crippen LogP contribution < -0.4 is 15.8 Å². The first-order valence-electron chi connectivity index (χ1n) is 11.5. The third-order valence-corrected chi connectivity index (χ3v) is 5.97. The average molecular weight is 531 g/mol. The number of benzene rings is 3. The van der Waals surface area contributed by atoms with Crippen molar-refractivity contribution >= 4 is 35.1 Å². The Bertz CT molecular complexity index is 1160. The van der Waals surface area contributed by atoms with Gasteiger partial charge in [-0.15, -0.1) is 0 Å². The lowest BCUT2D eigenvalue weighted by Gasteiger charge is -2.19. The molecule has 0 unspecified atom stereocenters. The van der Waals surface area contributed by atoms with Gasteiger partial charge in [0.15, 0.2) is 11.5 Å². The maximum Gasteiger partial charge on any atom is 0.329 e. The number of unbranched alkanes of at least 4 members (excludes halogenated alkanes) is 1. The molecule has 0 aromatic heterocycles. The highest BCUT2D eigenvalue weighted by atomic mass is 35.5. The van der Waals surface area contributed by atoms with Crippen LogP contribution in [0.5, 0.6) is 11.5 Å². The minimum absolute atomic E-state index is 0.0555. The summed E-state index contributed by atoms with van der Waals surface area (Å²) in [6, 6.07) is 18.6. The van der Waals surface area contributed by atoms with E-state index in [1.807, 2.05) is 60.7 Å². The zero-order chi connectivity index (χ0) is 25.9. The number of ether oxygens (including phenoxy) is 2. The lowest BCUT2D eigenvalue weighted by Crippen LogP contribution is -2.43. The second-order valence-corrected chi connectivity index (χ2v) is 8.84. The highest BCUT2D eigenvalue weighted by Gasteiger charge is 2.27. The van der Waals surface area contributed by atoms with E-state index in [-0.39, 0.29) is 34.4 Å². The molecule has 0 aliphatic heterocycles. The summed E-state index contributed by atoms with van der Waals surface area (Å²) in [6.07, 6.45) is 1.62. The molecule has 0 saturated heterocycles. The Morgan fingerprint density at radius 3 is 2.25 bits per heavy atom. The highest BCUT2D eigenvalue weighted by molar-refractivity contribution is 6.39. The van der Waals surface area contributed by atoms with Gasteiger partial charge in [0, 0.05) is 6.42 Å². The zero-order valence-corrected chi connectivity index (χ0v) is 21.1. The summed E-state index contributed by atoms with van der Waals surface area (Å²) in [4.78, 5) is 26.1. The SMILES string of the molecule is NCCCCOc1c(Cl)cc(C(=O)N[C@@H](Cc2ccccc2)C(=O)OCc2ccccc2)c(O)c1Cl. The van der Waals surface area contributed by atoms with E-state index in [2.05, 4.69) is 5.32 Å². The van der Waals surface area contributed by atoms with Crippen molar-refractivity contribution < 1.29 is 24.2 Å². The number of aromatic hydroxyl groups is 1. The van der Waals surface area contributed by atoms with Crippen molar-refractivity contribution in [3.05, 3.63) is 93.5 Å². The molecule has 0 fully saturated rings. The van der Waals surface area contributed by atoms with Crippen molar-refractivity contribution in [1.82, 2.24) is 5.32 Å². The summed E-state index contributed by atoms with van der Waals surface area (Å²) >= 11 is 12.5. The number of halogens is 2. The van der Waals surface area contributed by atoms with Crippen LogP contribution in [-0.4, -0.2) is 36.2 Å². The Hall–Kier alpha value is -3.26. The molecule has 0 aliphatic carbocycles. The quantitative estimate of drug-likeness (QED) is 0.227. The van der Waals surface area contributed by atoms with Gasteiger partial charge in [-0.1, -0.05) is 83.9 Å². The van der Waals surface area contributed by atoms with Crippen molar-refractivity contribution in [2.45, 2.75) is 31.9 Å². The Morgan fingerprint density at radius 1 is 0.972 bits per heavy atom. The number of carbonyl (C=O) groups excluding carboxylic acids is 2. The number of phenols is 1. The zero-order valence-electron chi connectivity index (χ0n) is 19.6. The van der Waals surface area contributed by atoms with Crippen molar-refractivity contribution in [3.63, 3.8) is 0 Å². The second kappa shape index (κ2) is 13.7. The molecule has 1 amide bonds. The summed E-state index contributed by atoms with van der Waals surface area (Å²) in [6.45, 7) is 0.876. The first-order chi connectivity index (χ1) is 17.4. The van der Waals surface area contributed by atoms with Crippen LogP contribution >= 0.6 is 23.2 Å². The van der Waals surface area contributed by atoms with E-state index in [0.717, 1.165) is 17.5 Å². The number of hydrogen-bond donors (Lipinski definition) is 3. The van der Waals surface area contributed by atoms with Crippen LogP contribution in [0.15, 0.2) is 66.7 Å². The number of nitrogens with two attached hydrogens (primary N) is 1. The van der Waals surface area contributed by atoms with Crippen LogP contribution in [0, 0.1) is 0 Å². The third kappa shape index (κ3) is 7.62. The molecule has 36 heavy (non-hydrogen) atoms. The van der Waals surface area contributed by atoms with Gasteiger partial charge in [-0.25, -0.2) is 4.79 Å². The summed E-state index contributed by atoms with van der Waals surface area (Å²) < 4.78 is 11.0. The maximum absolute atomic E-state index is 13.1. The first-order valence-corrected chi connectivity index (χ1v) is 12.3. The van der Waals surface area contributed by atoms with Crippen molar-refractivity contribution in [3.8, 4) is 11.5 Å². The molecule has 3 aromatic rings. The summed E-state index contributed by atoms with van der Waals surface area (Å²) in [5, 5.41) is 13.1. The number of hydrogen-bond acceptors (Lipinski definition) is 6. The number of esters is 1.